The maximum Gasteiger partial charge on any atom is 0.416 e. The second-order valence-corrected chi connectivity index (χ2v) is 6.41. The minimum Gasteiger partial charge on any atom is -0.322 e. The van der Waals surface area contributed by atoms with Crippen LogP contribution in [0, 0.1) is 0 Å². The van der Waals surface area contributed by atoms with E-state index in [9.17, 15) is 18.0 Å². The van der Waals surface area contributed by atoms with Gasteiger partial charge in [0, 0.05) is 23.3 Å². The van der Waals surface area contributed by atoms with E-state index < -0.39 is 11.7 Å². The highest BCUT2D eigenvalue weighted by Crippen LogP contribution is 2.30. The van der Waals surface area contributed by atoms with Gasteiger partial charge in [0.25, 0.3) is 0 Å². The summed E-state index contributed by atoms with van der Waals surface area (Å²) >= 11 is 5.91. The van der Waals surface area contributed by atoms with Crippen LogP contribution in [0.25, 0.3) is 0 Å². The maximum absolute atomic E-state index is 12.8. The van der Waals surface area contributed by atoms with Crippen molar-refractivity contribution in [1.29, 1.82) is 0 Å². The van der Waals surface area contributed by atoms with Crippen molar-refractivity contribution in [2.24, 2.45) is 0 Å². The molecule has 0 fully saturated rings. The Kier molecular flexibility index (Phi) is 6.53. The molecule has 0 aliphatic heterocycles. The molecule has 1 N–H and O–H groups in total. The predicted molar refractivity (Wildman–Crippen MR) is 97.5 cm³/mol. The molecule has 2 aromatic carbocycles. The second-order valence-electron chi connectivity index (χ2n) is 5.98. The molecule has 3 nitrogen and oxygen atoms in total. The van der Waals surface area contributed by atoms with Gasteiger partial charge in [-0.3, -0.25) is 0 Å². The molecular formula is C19H20ClF3N2O. The van der Waals surface area contributed by atoms with Gasteiger partial charge in [0.1, 0.15) is 0 Å². The van der Waals surface area contributed by atoms with E-state index in [1.54, 1.807) is 42.2 Å². The molecule has 0 spiro atoms. The summed E-state index contributed by atoms with van der Waals surface area (Å²) in [7, 11) is 0. The van der Waals surface area contributed by atoms with Crippen LogP contribution >= 0.6 is 11.6 Å². The highest BCUT2D eigenvalue weighted by atomic mass is 35.5. The molecule has 0 saturated heterocycles. The minimum absolute atomic E-state index is 0.275. The third-order valence-electron chi connectivity index (χ3n) is 3.99. The molecule has 140 valence electrons. The normalized spacial score (nSPS) is 12.5. The first-order valence-corrected chi connectivity index (χ1v) is 8.58. The summed E-state index contributed by atoms with van der Waals surface area (Å²) in [5, 5.41) is 3.26. The highest BCUT2D eigenvalue weighted by molar-refractivity contribution is 6.30. The van der Waals surface area contributed by atoms with Crippen LogP contribution in [0.3, 0.4) is 0 Å². The average Bonchev–Trinajstić information content (AvgIpc) is 2.55. The minimum atomic E-state index is -4.38. The van der Waals surface area contributed by atoms with Gasteiger partial charge in [0.2, 0.25) is 0 Å². The molecule has 0 heterocycles. The van der Waals surface area contributed by atoms with E-state index in [0.29, 0.717) is 29.2 Å². The van der Waals surface area contributed by atoms with Crippen molar-refractivity contribution >= 4 is 23.3 Å². The largest absolute Gasteiger partial charge is 0.416 e. The molecule has 2 amide bonds. The lowest BCUT2D eigenvalue weighted by Crippen LogP contribution is -2.42. The number of alkyl halides is 3. The summed E-state index contributed by atoms with van der Waals surface area (Å²) < 4.78 is 38.5. The van der Waals surface area contributed by atoms with Crippen LogP contribution in [0.15, 0.2) is 48.5 Å². The zero-order valence-corrected chi connectivity index (χ0v) is 15.2. The number of amides is 2. The molecular weight excluding hydrogens is 365 g/mol. The number of benzene rings is 2. The van der Waals surface area contributed by atoms with E-state index in [1.807, 2.05) is 6.92 Å². The van der Waals surface area contributed by atoms with Gasteiger partial charge in [0.15, 0.2) is 0 Å². The zero-order chi connectivity index (χ0) is 19.3. The van der Waals surface area contributed by atoms with Crippen LogP contribution in [0.4, 0.5) is 23.7 Å². The SMILES string of the molecule is CCN(C(=O)Nc1cccc(Cl)c1)[C@H](C)Cc1cccc(C(F)(F)F)c1. The second kappa shape index (κ2) is 8.45. The summed E-state index contributed by atoms with van der Waals surface area (Å²) in [5.74, 6) is 0. The van der Waals surface area contributed by atoms with Gasteiger partial charge in [-0.2, -0.15) is 13.2 Å². The molecule has 2 aromatic rings. The van der Waals surface area contributed by atoms with Crippen LogP contribution in [0.1, 0.15) is 25.0 Å². The summed E-state index contributed by atoms with van der Waals surface area (Å²) in [4.78, 5) is 14.1. The van der Waals surface area contributed by atoms with Gasteiger partial charge in [-0.15, -0.1) is 0 Å². The van der Waals surface area contributed by atoms with Crippen molar-refractivity contribution in [2.45, 2.75) is 32.5 Å². The van der Waals surface area contributed by atoms with Crippen molar-refractivity contribution in [1.82, 2.24) is 4.90 Å². The van der Waals surface area contributed by atoms with E-state index in [-0.39, 0.29) is 12.1 Å². The first kappa shape index (κ1) is 20.1. The van der Waals surface area contributed by atoms with E-state index >= 15 is 0 Å². The lowest BCUT2D eigenvalue weighted by molar-refractivity contribution is -0.137. The molecule has 0 bridgehead atoms. The maximum atomic E-state index is 12.8. The topological polar surface area (TPSA) is 32.3 Å². The van der Waals surface area contributed by atoms with E-state index in [1.165, 1.54) is 6.07 Å². The number of carbonyl (C=O) groups excluding carboxylic acids is 1. The first-order chi connectivity index (χ1) is 12.2. The van der Waals surface area contributed by atoms with Gasteiger partial charge in [0.05, 0.1) is 5.56 Å². The molecule has 0 radical (unpaired) electrons. The Morgan fingerprint density at radius 3 is 2.50 bits per heavy atom. The zero-order valence-electron chi connectivity index (χ0n) is 14.5. The molecule has 1 atom stereocenters. The average molecular weight is 385 g/mol. The number of hydrogen-bond donors (Lipinski definition) is 1. The highest BCUT2D eigenvalue weighted by Gasteiger charge is 2.30. The fourth-order valence-corrected chi connectivity index (χ4v) is 2.93. The van der Waals surface area contributed by atoms with Crippen molar-refractivity contribution in [3.8, 4) is 0 Å². The van der Waals surface area contributed by atoms with E-state index in [2.05, 4.69) is 5.32 Å². The number of carbonyl (C=O) groups is 1. The summed E-state index contributed by atoms with van der Waals surface area (Å²) in [6.07, 6.45) is -4.06. The number of rotatable bonds is 5. The Labute approximate surface area is 155 Å². The lowest BCUT2D eigenvalue weighted by Gasteiger charge is -2.28. The van der Waals surface area contributed by atoms with Crippen molar-refractivity contribution in [2.75, 3.05) is 11.9 Å². The number of nitrogens with zero attached hydrogens (tertiary/aromatic N) is 1. The summed E-state index contributed by atoms with van der Waals surface area (Å²) in [5.41, 5.74) is 0.405. The lowest BCUT2D eigenvalue weighted by atomic mass is 10.0. The smallest absolute Gasteiger partial charge is 0.322 e. The number of urea groups is 1. The van der Waals surface area contributed by atoms with Crippen molar-refractivity contribution in [3.63, 3.8) is 0 Å². The number of hydrogen-bond acceptors (Lipinski definition) is 1. The molecule has 0 saturated carbocycles. The van der Waals surface area contributed by atoms with Crippen LogP contribution in [-0.2, 0) is 12.6 Å². The van der Waals surface area contributed by atoms with E-state index in [4.69, 9.17) is 11.6 Å². The van der Waals surface area contributed by atoms with Gasteiger partial charge in [-0.1, -0.05) is 35.9 Å². The van der Waals surface area contributed by atoms with Gasteiger partial charge >= 0.3 is 12.2 Å². The van der Waals surface area contributed by atoms with Gasteiger partial charge in [-0.25, -0.2) is 4.79 Å². The molecule has 7 heteroatoms. The van der Waals surface area contributed by atoms with Crippen LogP contribution in [-0.4, -0.2) is 23.5 Å². The predicted octanol–water partition coefficient (Wildman–Crippen LogP) is 5.84. The van der Waals surface area contributed by atoms with Crippen LogP contribution < -0.4 is 5.32 Å². The summed E-state index contributed by atoms with van der Waals surface area (Å²) in [6, 6.07) is 11.3. The fourth-order valence-electron chi connectivity index (χ4n) is 2.74. The van der Waals surface area contributed by atoms with Crippen molar-refractivity contribution in [3.05, 3.63) is 64.7 Å². The summed E-state index contributed by atoms with van der Waals surface area (Å²) in [6.45, 7) is 4.05. The van der Waals surface area contributed by atoms with Gasteiger partial charge < -0.3 is 10.2 Å². The Morgan fingerprint density at radius 1 is 1.19 bits per heavy atom. The Balaban J connectivity index is 2.08. The third-order valence-corrected chi connectivity index (χ3v) is 4.23. The van der Waals surface area contributed by atoms with Gasteiger partial charge in [-0.05, 0) is 50.1 Å². The molecule has 26 heavy (non-hydrogen) atoms. The monoisotopic (exact) mass is 384 g/mol. The van der Waals surface area contributed by atoms with Crippen LogP contribution in [0.2, 0.25) is 5.02 Å². The number of likely N-dealkylation sites (N-methyl/N-ethyl adjacent to an activating group) is 1. The quantitative estimate of drug-likeness (QED) is 0.689. The molecule has 2 rings (SSSR count). The standard InChI is InChI=1S/C19H20ClF3N2O/c1-3-25(18(26)24-17-9-5-8-16(20)12-17)13(2)10-14-6-4-7-15(11-14)19(21,22)23/h4-9,11-13H,3,10H2,1-2H3,(H,24,26)/t13-/m1/s1. The molecule has 0 aliphatic rings. The number of halogens is 4. The van der Waals surface area contributed by atoms with E-state index in [0.717, 1.165) is 12.1 Å². The number of anilines is 1. The molecule has 0 aromatic heterocycles. The third kappa shape index (κ3) is 5.39. The Morgan fingerprint density at radius 2 is 1.88 bits per heavy atom. The Hall–Kier alpha value is -2.21. The molecule has 0 unspecified atom stereocenters. The number of nitrogens with one attached hydrogen (secondary N) is 1. The van der Waals surface area contributed by atoms with Crippen molar-refractivity contribution < 1.29 is 18.0 Å². The van der Waals surface area contributed by atoms with Crippen LogP contribution in [0.5, 0.6) is 0 Å². The Bertz CT molecular complexity index is 764. The first-order valence-electron chi connectivity index (χ1n) is 8.20. The fraction of sp³-hybridized carbons (Fsp3) is 0.316. The molecule has 0 aliphatic carbocycles.